The normalized spacial score (nSPS) is 17.7. The third-order valence-corrected chi connectivity index (χ3v) is 4.85. The van der Waals surface area contributed by atoms with Crippen LogP contribution >= 0.6 is 23.2 Å². The molecule has 0 unspecified atom stereocenters. The van der Waals surface area contributed by atoms with Gasteiger partial charge in [0.05, 0.1) is 39.3 Å². The predicted octanol–water partition coefficient (Wildman–Crippen LogP) is 4.49. The van der Waals surface area contributed by atoms with Gasteiger partial charge in [0.25, 0.3) is 0 Å². The number of nitrogens with zero attached hydrogens (tertiary/aromatic N) is 2. The average Bonchev–Trinajstić information content (AvgIpc) is 3.15. The van der Waals surface area contributed by atoms with E-state index in [0.717, 1.165) is 34.6 Å². The van der Waals surface area contributed by atoms with Crippen molar-refractivity contribution in [3.05, 3.63) is 70.7 Å². The molecule has 4 rings (SSSR count). The summed E-state index contributed by atoms with van der Waals surface area (Å²) in [6.07, 6.45) is 1.70. The zero-order valence-corrected chi connectivity index (χ0v) is 13.7. The van der Waals surface area contributed by atoms with Gasteiger partial charge in [-0.3, -0.25) is 0 Å². The lowest BCUT2D eigenvalue weighted by atomic mass is 10.1. The van der Waals surface area contributed by atoms with Crippen LogP contribution in [0.15, 0.2) is 55.1 Å². The van der Waals surface area contributed by atoms with Gasteiger partial charge in [0.1, 0.15) is 0 Å². The number of rotatable bonds is 2. The van der Waals surface area contributed by atoms with E-state index >= 15 is 0 Å². The molecule has 116 valence electrons. The Morgan fingerprint density at radius 2 is 2.00 bits per heavy atom. The Kier molecular flexibility index (Phi) is 3.43. The van der Waals surface area contributed by atoms with Crippen LogP contribution in [-0.2, 0) is 0 Å². The Hall–Kier alpha value is -2.17. The monoisotopic (exact) mass is 344 g/mol. The molecule has 2 N–H and O–H groups in total. The first-order valence-corrected chi connectivity index (χ1v) is 7.99. The second-order valence-electron chi connectivity index (χ2n) is 5.49. The van der Waals surface area contributed by atoms with E-state index in [4.69, 9.17) is 23.2 Å². The first-order valence-electron chi connectivity index (χ1n) is 7.23. The van der Waals surface area contributed by atoms with Crippen LogP contribution in [-0.4, -0.2) is 16.5 Å². The number of imidazole rings is 1. The Labute approximate surface area is 143 Å². The SMILES string of the molecule is C=C1NC[C@H](c2ccc(Cl)c(Cl)c2)N1c1ccc2[nH]cnc2c1. The minimum atomic E-state index is 0.105. The smallest absolute Gasteiger partial charge is 0.0991 e. The lowest BCUT2D eigenvalue weighted by Crippen LogP contribution is -2.22. The molecule has 3 aromatic rings. The molecule has 0 saturated carbocycles. The van der Waals surface area contributed by atoms with Crippen molar-refractivity contribution in [3.8, 4) is 0 Å². The number of nitrogens with one attached hydrogen (secondary N) is 2. The van der Waals surface area contributed by atoms with Gasteiger partial charge in [0, 0.05) is 12.2 Å². The molecule has 4 nitrogen and oxygen atoms in total. The van der Waals surface area contributed by atoms with Gasteiger partial charge in [-0.25, -0.2) is 4.98 Å². The molecule has 1 saturated heterocycles. The fourth-order valence-corrected chi connectivity index (χ4v) is 3.28. The highest BCUT2D eigenvalue weighted by Crippen LogP contribution is 2.36. The van der Waals surface area contributed by atoms with Crippen LogP contribution in [0.2, 0.25) is 10.0 Å². The molecule has 1 atom stereocenters. The second-order valence-corrected chi connectivity index (χ2v) is 6.31. The number of fused-ring (bicyclic) bond motifs is 1. The van der Waals surface area contributed by atoms with E-state index in [1.54, 1.807) is 6.33 Å². The van der Waals surface area contributed by atoms with Crippen LogP contribution in [0.4, 0.5) is 5.69 Å². The van der Waals surface area contributed by atoms with E-state index in [1.165, 1.54) is 0 Å². The van der Waals surface area contributed by atoms with Crippen molar-refractivity contribution in [2.45, 2.75) is 6.04 Å². The molecule has 0 aliphatic carbocycles. The molecule has 2 heterocycles. The van der Waals surface area contributed by atoms with Gasteiger partial charge in [0.15, 0.2) is 0 Å². The van der Waals surface area contributed by atoms with Gasteiger partial charge in [-0.05, 0) is 35.9 Å². The second kappa shape index (κ2) is 5.48. The quantitative estimate of drug-likeness (QED) is 0.719. The lowest BCUT2D eigenvalue weighted by Gasteiger charge is -2.26. The molecular weight excluding hydrogens is 331 g/mol. The zero-order valence-electron chi connectivity index (χ0n) is 12.2. The van der Waals surface area contributed by atoms with Crippen molar-refractivity contribution in [1.29, 1.82) is 0 Å². The first-order chi connectivity index (χ1) is 11.1. The highest BCUT2D eigenvalue weighted by Gasteiger charge is 2.29. The third-order valence-electron chi connectivity index (χ3n) is 4.11. The summed E-state index contributed by atoms with van der Waals surface area (Å²) >= 11 is 12.2. The summed E-state index contributed by atoms with van der Waals surface area (Å²) in [6, 6.07) is 12.0. The highest BCUT2D eigenvalue weighted by atomic mass is 35.5. The molecule has 1 aliphatic rings. The third kappa shape index (κ3) is 2.44. The number of aromatic amines is 1. The van der Waals surface area contributed by atoms with Crippen LogP contribution in [0, 0.1) is 0 Å². The van der Waals surface area contributed by atoms with E-state index in [1.807, 2.05) is 24.3 Å². The van der Waals surface area contributed by atoms with Gasteiger partial charge in [-0.15, -0.1) is 0 Å². The molecule has 6 heteroatoms. The Morgan fingerprint density at radius 1 is 1.13 bits per heavy atom. The fraction of sp³-hybridized carbons (Fsp3) is 0.118. The van der Waals surface area contributed by atoms with E-state index in [-0.39, 0.29) is 6.04 Å². The van der Waals surface area contributed by atoms with Crippen molar-refractivity contribution in [2.75, 3.05) is 11.4 Å². The fourth-order valence-electron chi connectivity index (χ4n) is 2.97. The maximum Gasteiger partial charge on any atom is 0.0991 e. The zero-order chi connectivity index (χ0) is 16.0. The van der Waals surface area contributed by atoms with E-state index in [0.29, 0.717) is 10.0 Å². The van der Waals surface area contributed by atoms with Crippen molar-refractivity contribution in [1.82, 2.24) is 15.3 Å². The summed E-state index contributed by atoms with van der Waals surface area (Å²) in [7, 11) is 0. The van der Waals surface area contributed by atoms with Crippen molar-refractivity contribution >= 4 is 39.9 Å². The molecule has 23 heavy (non-hydrogen) atoms. The molecule has 0 amide bonds. The Morgan fingerprint density at radius 3 is 2.83 bits per heavy atom. The van der Waals surface area contributed by atoms with Gasteiger partial charge in [0.2, 0.25) is 0 Å². The maximum absolute atomic E-state index is 6.18. The topological polar surface area (TPSA) is 44.0 Å². The molecule has 0 radical (unpaired) electrons. The molecule has 1 aliphatic heterocycles. The number of hydrogen-bond acceptors (Lipinski definition) is 3. The minimum Gasteiger partial charge on any atom is -0.369 e. The van der Waals surface area contributed by atoms with Crippen molar-refractivity contribution in [2.24, 2.45) is 0 Å². The van der Waals surface area contributed by atoms with Crippen LogP contribution in [0.25, 0.3) is 11.0 Å². The number of halogens is 2. The van der Waals surface area contributed by atoms with Crippen LogP contribution in [0.1, 0.15) is 11.6 Å². The number of benzene rings is 2. The predicted molar refractivity (Wildman–Crippen MR) is 94.9 cm³/mol. The van der Waals surface area contributed by atoms with Crippen LogP contribution in [0.5, 0.6) is 0 Å². The summed E-state index contributed by atoms with van der Waals surface area (Å²) in [4.78, 5) is 9.59. The number of aromatic nitrogens is 2. The van der Waals surface area contributed by atoms with E-state index in [2.05, 4.69) is 38.9 Å². The lowest BCUT2D eigenvalue weighted by molar-refractivity contribution is 0.757. The number of anilines is 1. The summed E-state index contributed by atoms with van der Waals surface area (Å²) in [5.41, 5.74) is 4.07. The molecule has 1 fully saturated rings. The number of H-pyrrole nitrogens is 1. The van der Waals surface area contributed by atoms with E-state index < -0.39 is 0 Å². The number of hydrogen-bond donors (Lipinski definition) is 2. The molecule has 0 spiro atoms. The molecule has 2 aromatic carbocycles. The average molecular weight is 345 g/mol. The van der Waals surface area contributed by atoms with Crippen molar-refractivity contribution in [3.63, 3.8) is 0 Å². The van der Waals surface area contributed by atoms with Crippen molar-refractivity contribution < 1.29 is 0 Å². The van der Waals surface area contributed by atoms with Gasteiger partial charge in [-0.2, -0.15) is 0 Å². The first kappa shape index (κ1) is 14.4. The summed E-state index contributed by atoms with van der Waals surface area (Å²) in [5.74, 6) is 0.857. The Balaban J connectivity index is 1.77. The molecule has 1 aromatic heterocycles. The minimum absolute atomic E-state index is 0.105. The Bertz CT molecular complexity index is 902. The van der Waals surface area contributed by atoms with Crippen LogP contribution in [0.3, 0.4) is 0 Å². The highest BCUT2D eigenvalue weighted by molar-refractivity contribution is 6.42. The maximum atomic E-state index is 6.18. The van der Waals surface area contributed by atoms with E-state index in [9.17, 15) is 0 Å². The summed E-state index contributed by atoms with van der Waals surface area (Å²) in [5, 5.41) is 4.44. The summed E-state index contributed by atoms with van der Waals surface area (Å²) < 4.78 is 0. The molecule has 0 bridgehead atoms. The standard InChI is InChI=1S/C17H14Cl2N4/c1-10-20-8-17(11-2-4-13(18)14(19)6-11)23(10)12-3-5-15-16(7-12)22-9-21-15/h2-7,9,17,20H,1,8H2,(H,21,22)/t17-/m1/s1. The largest absolute Gasteiger partial charge is 0.369 e. The summed E-state index contributed by atoms with van der Waals surface area (Å²) in [6.45, 7) is 4.88. The van der Waals surface area contributed by atoms with Gasteiger partial charge in [-0.1, -0.05) is 35.8 Å². The van der Waals surface area contributed by atoms with Gasteiger partial charge >= 0.3 is 0 Å². The van der Waals surface area contributed by atoms with Crippen LogP contribution < -0.4 is 10.2 Å². The van der Waals surface area contributed by atoms with Gasteiger partial charge < -0.3 is 15.2 Å². The molecular formula is C17H14Cl2N4.